The summed E-state index contributed by atoms with van der Waals surface area (Å²) in [6.07, 6.45) is 0. The largest absolute Gasteiger partial charge is 0.508 e. The van der Waals surface area contributed by atoms with E-state index in [1.807, 2.05) is 0 Å². The summed E-state index contributed by atoms with van der Waals surface area (Å²) >= 11 is 0. The molecule has 0 radical (unpaired) electrons. The standard InChI is InChI=1S/C18H18FNO4/c1-12-6-7-14(9-16(12)21)18(23)24-11-17(22)20(2)10-13-4-3-5-15(19)8-13/h3-9,21H,10-11H2,1-2H3. The van der Waals surface area contributed by atoms with Gasteiger partial charge in [-0.3, -0.25) is 4.79 Å². The zero-order valence-corrected chi connectivity index (χ0v) is 13.5. The molecule has 5 nitrogen and oxygen atoms in total. The van der Waals surface area contributed by atoms with Gasteiger partial charge in [-0.25, -0.2) is 9.18 Å². The van der Waals surface area contributed by atoms with Crippen LogP contribution in [0.25, 0.3) is 0 Å². The van der Waals surface area contributed by atoms with Crippen LogP contribution in [0.15, 0.2) is 42.5 Å². The van der Waals surface area contributed by atoms with Crippen LogP contribution in [0.4, 0.5) is 4.39 Å². The molecule has 1 N–H and O–H groups in total. The highest BCUT2D eigenvalue weighted by Gasteiger charge is 2.15. The molecular weight excluding hydrogens is 313 g/mol. The summed E-state index contributed by atoms with van der Waals surface area (Å²) in [5.41, 5.74) is 1.44. The van der Waals surface area contributed by atoms with Gasteiger partial charge in [-0.05, 0) is 42.3 Å². The first kappa shape index (κ1) is 17.5. The zero-order valence-electron chi connectivity index (χ0n) is 13.5. The van der Waals surface area contributed by atoms with Gasteiger partial charge in [0, 0.05) is 13.6 Å². The fraction of sp³-hybridized carbons (Fsp3) is 0.222. The van der Waals surface area contributed by atoms with Crippen molar-refractivity contribution in [3.05, 3.63) is 65.0 Å². The molecule has 0 atom stereocenters. The average molecular weight is 331 g/mol. The molecule has 2 aromatic carbocycles. The zero-order chi connectivity index (χ0) is 17.7. The van der Waals surface area contributed by atoms with Crippen LogP contribution >= 0.6 is 0 Å². The highest BCUT2D eigenvalue weighted by atomic mass is 19.1. The predicted octanol–water partition coefficient (Wildman–Crippen LogP) is 2.66. The lowest BCUT2D eigenvalue weighted by Crippen LogP contribution is -2.30. The molecule has 0 spiro atoms. The van der Waals surface area contributed by atoms with Crippen LogP contribution in [0.3, 0.4) is 0 Å². The Labute approximate surface area is 139 Å². The van der Waals surface area contributed by atoms with E-state index in [2.05, 4.69) is 0 Å². The van der Waals surface area contributed by atoms with Gasteiger partial charge in [0.1, 0.15) is 11.6 Å². The van der Waals surface area contributed by atoms with Crippen LogP contribution in [0.5, 0.6) is 5.75 Å². The van der Waals surface area contributed by atoms with Crippen molar-refractivity contribution in [1.82, 2.24) is 4.90 Å². The molecule has 2 aromatic rings. The summed E-state index contributed by atoms with van der Waals surface area (Å²) in [5.74, 6) is -1.50. The number of esters is 1. The Balaban J connectivity index is 1.89. The summed E-state index contributed by atoms with van der Waals surface area (Å²) in [6.45, 7) is 1.48. The van der Waals surface area contributed by atoms with Gasteiger partial charge in [0.2, 0.25) is 0 Å². The first-order valence-electron chi connectivity index (χ1n) is 7.32. The second kappa shape index (κ2) is 7.59. The first-order chi connectivity index (χ1) is 11.4. The summed E-state index contributed by atoms with van der Waals surface area (Å²) in [4.78, 5) is 25.2. The number of hydrogen-bond donors (Lipinski definition) is 1. The van der Waals surface area contributed by atoms with Crippen LogP contribution in [0.2, 0.25) is 0 Å². The van der Waals surface area contributed by atoms with E-state index in [1.165, 1.54) is 29.2 Å². The molecule has 0 aliphatic rings. The second-order valence-corrected chi connectivity index (χ2v) is 5.46. The van der Waals surface area contributed by atoms with E-state index >= 15 is 0 Å². The molecule has 0 aromatic heterocycles. The van der Waals surface area contributed by atoms with Crippen molar-refractivity contribution in [1.29, 1.82) is 0 Å². The Morgan fingerprint density at radius 2 is 1.96 bits per heavy atom. The number of nitrogens with zero attached hydrogens (tertiary/aromatic N) is 1. The molecule has 0 saturated carbocycles. The fourth-order valence-corrected chi connectivity index (χ4v) is 2.05. The van der Waals surface area contributed by atoms with Crippen LogP contribution in [-0.4, -0.2) is 35.5 Å². The van der Waals surface area contributed by atoms with E-state index in [-0.39, 0.29) is 23.7 Å². The van der Waals surface area contributed by atoms with Crippen molar-refractivity contribution in [3.8, 4) is 5.75 Å². The van der Waals surface area contributed by atoms with Gasteiger partial charge in [-0.1, -0.05) is 18.2 Å². The average Bonchev–Trinajstić information content (AvgIpc) is 2.54. The molecular formula is C18H18FNO4. The number of halogens is 1. The van der Waals surface area contributed by atoms with Crippen molar-refractivity contribution >= 4 is 11.9 Å². The molecule has 6 heteroatoms. The highest BCUT2D eigenvalue weighted by molar-refractivity contribution is 5.91. The molecule has 0 heterocycles. The maximum atomic E-state index is 13.1. The van der Waals surface area contributed by atoms with Gasteiger partial charge in [-0.15, -0.1) is 0 Å². The molecule has 0 aliphatic carbocycles. The number of aryl methyl sites for hydroxylation is 1. The van der Waals surface area contributed by atoms with Gasteiger partial charge >= 0.3 is 5.97 Å². The maximum absolute atomic E-state index is 13.1. The summed E-state index contributed by atoms with van der Waals surface area (Å²) in [6, 6.07) is 10.3. The summed E-state index contributed by atoms with van der Waals surface area (Å²) in [7, 11) is 1.54. The van der Waals surface area contributed by atoms with E-state index in [9.17, 15) is 19.1 Å². The Kier molecular flexibility index (Phi) is 5.52. The van der Waals surface area contributed by atoms with Crippen molar-refractivity contribution < 1.29 is 23.8 Å². The Morgan fingerprint density at radius 3 is 2.62 bits per heavy atom. The molecule has 0 fully saturated rings. The van der Waals surface area contributed by atoms with Crippen molar-refractivity contribution in [2.45, 2.75) is 13.5 Å². The van der Waals surface area contributed by atoms with Crippen LogP contribution in [-0.2, 0) is 16.1 Å². The lowest BCUT2D eigenvalue weighted by atomic mass is 10.1. The lowest BCUT2D eigenvalue weighted by molar-refractivity contribution is -0.133. The van der Waals surface area contributed by atoms with Crippen LogP contribution in [0.1, 0.15) is 21.5 Å². The van der Waals surface area contributed by atoms with E-state index in [1.54, 1.807) is 32.2 Å². The third kappa shape index (κ3) is 4.55. The quantitative estimate of drug-likeness (QED) is 0.856. The van der Waals surface area contributed by atoms with Crippen LogP contribution < -0.4 is 0 Å². The molecule has 0 bridgehead atoms. The normalized spacial score (nSPS) is 10.3. The SMILES string of the molecule is Cc1ccc(C(=O)OCC(=O)N(C)Cc2cccc(F)c2)cc1O. The fourth-order valence-electron chi connectivity index (χ4n) is 2.05. The number of likely N-dealkylation sites (N-methyl/N-ethyl adjacent to an activating group) is 1. The lowest BCUT2D eigenvalue weighted by Gasteiger charge is -2.17. The Hall–Kier alpha value is -2.89. The van der Waals surface area contributed by atoms with Gasteiger partial charge in [0.05, 0.1) is 5.56 Å². The minimum Gasteiger partial charge on any atom is -0.508 e. The molecule has 126 valence electrons. The number of hydrogen-bond acceptors (Lipinski definition) is 4. The number of carbonyl (C=O) groups excluding carboxylic acids is 2. The summed E-state index contributed by atoms with van der Waals surface area (Å²) in [5, 5.41) is 9.59. The van der Waals surface area contributed by atoms with Crippen molar-refractivity contribution in [3.63, 3.8) is 0 Å². The maximum Gasteiger partial charge on any atom is 0.338 e. The van der Waals surface area contributed by atoms with Gasteiger partial charge in [-0.2, -0.15) is 0 Å². The molecule has 0 unspecified atom stereocenters. The van der Waals surface area contributed by atoms with E-state index in [0.717, 1.165) is 0 Å². The van der Waals surface area contributed by atoms with E-state index in [0.29, 0.717) is 11.1 Å². The van der Waals surface area contributed by atoms with Gasteiger partial charge in [0.15, 0.2) is 6.61 Å². The second-order valence-electron chi connectivity index (χ2n) is 5.46. The number of phenolic OH excluding ortho intramolecular Hbond substituents is 1. The van der Waals surface area contributed by atoms with Gasteiger partial charge in [0.25, 0.3) is 5.91 Å². The molecule has 2 rings (SSSR count). The molecule has 1 amide bonds. The minimum absolute atomic E-state index is 0.0148. The molecule has 0 aliphatic heterocycles. The molecule has 24 heavy (non-hydrogen) atoms. The number of phenols is 1. The van der Waals surface area contributed by atoms with Crippen LogP contribution in [0, 0.1) is 12.7 Å². The van der Waals surface area contributed by atoms with Crippen molar-refractivity contribution in [2.75, 3.05) is 13.7 Å². The Bertz CT molecular complexity index is 760. The number of benzene rings is 2. The van der Waals surface area contributed by atoms with E-state index < -0.39 is 18.5 Å². The van der Waals surface area contributed by atoms with Crippen molar-refractivity contribution in [2.24, 2.45) is 0 Å². The number of aromatic hydroxyl groups is 1. The van der Waals surface area contributed by atoms with Gasteiger partial charge < -0.3 is 14.7 Å². The Morgan fingerprint density at radius 1 is 1.21 bits per heavy atom. The number of rotatable bonds is 5. The first-order valence-corrected chi connectivity index (χ1v) is 7.32. The number of carbonyl (C=O) groups is 2. The third-order valence-corrected chi connectivity index (χ3v) is 3.51. The monoisotopic (exact) mass is 331 g/mol. The molecule has 0 saturated heterocycles. The predicted molar refractivity (Wildman–Crippen MR) is 86.0 cm³/mol. The smallest absolute Gasteiger partial charge is 0.338 e. The third-order valence-electron chi connectivity index (χ3n) is 3.51. The minimum atomic E-state index is -0.696. The number of ether oxygens (including phenoxy) is 1. The topological polar surface area (TPSA) is 66.8 Å². The highest BCUT2D eigenvalue weighted by Crippen LogP contribution is 2.18. The number of amides is 1. The summed E-state index contributed by atoms with van der Waals surface area (Å²) < 4.78 is 18.1. The van der Waals surface area contributed by atoms with E-state index in [4.69, 9.17) is 4.74 Å².